The molecule has 1 aliphatic heterocycles. The summed E-state index contributed by atoms with van der Waals surface area (Å²) in [7, 11) is 0. The molecule has 1 aromatic rings. The van der Waals surface area contributed by atoms with Gasteiger partial charge in [0.05, 0.1) is 11.4 Å². The predicted molar refractivity (Wildman–Crippen MR) is 79.9 cm³/mol. The first-order valence-corrected chi connectivity index (χ1v) is 7.66. The van der Waals surface area contributed by atoms with Gasteiger partial charge in [0.25, 0.3) is 0 Å². The summed E-state index contributed by atoms with van der Waals surface area (Å²) in [4.78, 5) is 7.30. The number of pyridine rings is 1. The third kappa shape index (κ3) is 4.92. The highest BCUT2D eigenvalue weighted by molar-refractivity contribution is 5.11. The van der Waals surface area contributed by atoms with E-state index in [1.54, 1.807) is 0 Å². The lowest BCUT2D eigenvalue weighted by Crippen LogP contribution is -2.34. The lowest BCUT2D eigenvalue weighted by Gasteiger charge is -2.30. The molecule has 1 aliphatic rings. The highest BCUT2D eigenvalue weighted by atomic mass is 15.1. The van der Waals surface area contributed by atoms with Gasteiger partial charge in [0.1, 0.15) is 0 Å². The van der Waals surface area contributed by atoms with E-state index in [1.165, 1.54) is 38.0 Å². The summed E-state index contributed by atoms with van der Waals surface area (Å²) in [6, 6.07) is 6.41. The molecule has 0 saturated carbocycles. The zero-order valence-electron chi connectivity index (χ0n) is 12.4. The number of hydrogen-bond acceptors (Lipinski definition) is 3. The molecule has 3 heteroatoms. The summed E-state index contributed by atoms with van der Waals surface area (Å²) in [6.45, 7) is 9.95. The van der Waals surface area contributed by atoms with Crippen LogP contribution in [0.15, 0.2) is 18.2 Å². The first-order valence-electron chi connectivity index (χ1n) is 7.66. The van der Waals surface area contributed by atoms with E-state index in [1.807, 2.05) is 0 Å². The minimum atomic E-state index is 0.836. The van der Waals surface area contributed by atoms with Crippen LogP contribution in [0.25, 0.3) is 0 Å². The van der Waals surface area contributed by atoms with Crippen molar-refractivity contribution >= 4 is 0 Å². The standard InChI is InChI=1S/C16H27N3/c1-3-9-17-11-15-7-4-8-16(18-15)13-19-10-5-6-14(2)12-19/h4,7-8,14,17H,3,5-6,9-13H2,1-2H3. The van der Waals surface area contributed by atoms with Crippen molar-refractivity contribution in [3.63, 3.8) is 0 Å². The fraction of sp³-hybridized carbons (Fsp3) is 0.688. The van der Waals surface area contributed by atoms with Crippen LogP contribution in [-0.2, 0) is 13.1 Å². The average molecular weight is 261 g/mol. The van der Waals surface area contributed by atoms with Gasteiger partial charge in [-0.25, -0.2) is 0 Å². The summed E-state index contributed by atoms with van der Waals surface area (Å²) in [5, 5.41) is 3.41. The number of rotatable bonds is 6. The number of likely N-dealkylation sites (tertiary alicyclic amines) is 1. The van der Waals surface area contributed by atoms with Crippen LogP contribution < -0.4 is 5.32 Å². The molecule has 106 valence electrons. The van der Waals surface area contributed by atoms with E-state index in [9.17, 15) is 0 Å². The Morgan fingerprint density at radius 1 is 1.37 bits per heavy atom. The van der Waals surface area contributed by atoms with Gasteiger partial charge in [-0.2, -0.15) is 0 Å². The Bertz CT molecular complexity index is 378. The van der Waals surface area contributed by atoms with Crippen molar-refractivity contribution in [1.82, 2.24) is 15.2 Å². The van der Waals surface area contributed by atoms with Gasteiger partial charge < -0.3 is 5.32 Å². The molecule has 3 nitrogen and oxygen atoms in total. The maximum atomic E-state index is 4.76. The maximum Gasteiger partial charge on any atom is 0.0547 e. The molecule has 1 saturated heterocycles. The van der Waals surface area contributed by atoms with Crippen molar-refractivity contribution < 1.29 is 0 Å². The third-order valence-electron chi connectivity index (χ3n) is 3.72. The molecule has 2 heterocycles. The lowest BCUT2D eigenvalue weighted by atomic mass is 10.0. The number of hydrogen-bond donors (Lipinski definition) is 1. The van der Waals surface area contributed by atoms with Gasteiger partial charge in [0, 0.05) is 19.6 Å². The maximum absolute atomic E-state index is 4.76. The molecular formula is C16H27N3. The highest BCUT2D eigenvalue weighted by Gasteiger charge is 2.16. The van der Waals surface area contributed by atoms with Gasteiger partial charge >= 0.3 is 0 Å². The van der Waals surface area contributed by atoms with E-state index in [-0.39, 0.29) is 0 Å². The van der Waals surface area contributed by atoms with Crippen molar-refractivity contribution in [3.8, 4) is 0 Å². The van der Waals surface area contributed by atoms with Gasteiger partial charge in [-0.3, -0.25) is 9.88 Å². The first-order chi connectivity index (χ1) is 9.28. The fourth-order valence-electron chi connectivity index (χ4n) is 2.77. The van der Waals surface area contributed by atoms with Gasteiger partial charge in [-0.15, -0.1) is 0 Å². The van der Waals surface area contributed by atoms with E-state index < -0.39 is 0 Å². The molecule has 0 bridgehead atoms. The summed E-state index contributed by atoms with van der Waals surface area (Å²) in [6.07, 6.45) is 3.88. The number of piperidine rings is 1. The van der Waals surface area contributed by atoms with Crippen LogP contribution in [0.1, 0.15) is 44.5 Å². The lowest BCUT2D eigenvalue weighted by molar-refractivity contribution is 0.174. The third-order valence-corrected chi connectivity index (χ3v) is 3.72. The topological polar surface area (TPSA) is 28.2 Å². The molecule has 1 atom stereocenters. The molecule has 0 spiro atoms. The van der Waals surface area contributed by atoms with Gasteiger partial charge in [-0.1, -0.05) is 19.9 Å². The molecule has 1 unspecified atom stereocenters. The Hall–Kier alpha value is -0.930. The van der Waals surface area contributed by atoms with E-state index in [4.69, 9.17) is 4.98 Å². The Morgan fingerprint density at radius 2 is 2.21 bits per heavy atom. The van der Waals surface area contributed by atoms with Gasteiger partial charge in [0.15, 0.2) is 0 Å². The van der Waals surface area contributed by atoms with Crippen LogP contribution in [-0.4, -0.2) is 29.5 Å². The van der Waals surface area contributed by atoms with E-state index >= 15 is 0 Å². The van der Waals surface area contributed by atoms with E-state index in [0.29, 0.717) is 0 Å². The zero-order chi connectivity index (χ0) is 13.5. The minimum absolute atomic E-state index is 0.836. The fourth-order valence-corrected chi connectivity index (χ4v) is 2.77. The van der Waals surface area contributed by atoms with Crippen LogP contribution >= 0.6 is 0 Å². The molecule has 0 aliphatic carbocycles. The normalized spacial score (nSPS) is 20.6. The predicted octanol–water partition coefficient (Wildman–Crippen LogP) is 2.81. The van der Waals surface area contributed by atoms with Crippen LogP contribution in [0.4, 0.5) is 0 Å². The Labute approximate surface area is 117 Å². The highest BCUT2D eigenvalue weighted by Crippen LogP contribution is 2.17. The summed E-state index contributed by atoms with van der Waals surface area (Å²) in [5.74, 6) is 0.836. The molecule has 19 heavy (non-hydrogen) atoms. The Kier molecular flexibility index (Phi) is 5.80. The molecule has 1 N–H and O–H groups in total. The molecular weight excluding hydrogens is 234 g/mol. The van der Waals surface area contributed by atoms with Crippen molar-refractivity contribution in [2.24, 2.45) is 5.92 Å². The summed E-state index contributed by atoms with van der Waals surface area (Å²) < 4.78 is 0. The summed E-state index contributed by atoms with van der Waals surface area (Å²) >= 11 is 0. The SMILES string of the molecule is CCCNCc1cccc(CN2CCCC(C)C2)n1. The van der Waals surface area contributed by atoms with E-state index in [2.05, 4.69) is 42.3 Å². The number of nitrogens with zero attached hydrogens (tertiary/aromatic N) is 2. The number of aromatic nitrogens is 1. The Balaban J connectivity index is 1.87. The average Bonchev–Trinajstić information content (AvgIpc) is 2.39. The molecule has 1 aromatic heterocycles. The molecule has 2 rings (SSSR count). The van der Waals surface area contributed by atoms with Crippen molar-refractivity contribution in [2.45, 2.75) is 46.2 Å². The van der Waals surface area contributed by atoms with E-state index in [0.717, 1.165) is 31.2 Å². The monoisotopic (exact) mass is 261 g/mol. The minimum Gasteiger partial charge on any atom is -0.311 e. The number of nitrogens with one attached hydrogen (secondary N) is 1. The van der Waals surface area contributed by atoms with Crippen LogP contribution in [0.3, 0.4) is 0 Å². The molecule has 0 radical (unpaired) electrons. The molecule has 0 aromatic carbocycles. The van der Waals surface area contributed by atoms with Crippen LogP contribution in [0.2, 0.25) is 0 Å². The first kappa shape index (κ1) is 14.5. The molecule has 1 fully saturated rings. The second-order valence-corrected chi connectivity index (χ2v) is 5.78. The second kappa shape index (κ2) is 7.61. The second-order valence-electron chi connectivity index (χ2n) is 5.78. The van der Waals surface area contributed by atoms with Crippen LogP contribution in [0, 0.1) is 5.92 Å². The smallest absolute Gasteiger partial charge is 0.0547 e. The zero-order valence-corrected chi connectivity index (χ0v) is 12.4. The van der Waals surface area contributed by atoms with Gasteiger partial charge in [0.2, 0.25) is 0 Å². The van der Waals surface area contributed by atoms with Gasteiger partial charge in [-0.05, 0) is 50.4 Å². The molecule has 0 amide bonds. The largest absolute Gasteiger partial charge is 0.311 e. The van der Waals surface area contributed by atoms with Crippen molar-refractivity contribution in [2.75, 3.05) is 19.6 Å². The quantitative estimate of drug-likeness (QED) is 0.798. The Morgan fingerprint density at radius 3 is 3.00 bits per heavy atom. The van der Waals surface area contributed by atoms with Crippen LogP contribution in [0.5, 0.6) is 0 Å². The summed E-state index contributed by atoms with van der Waals surface area (Å²) in [5.41, 5.74) is 2.38. The van der Waals surface area contributed by atoms with Crippen molar-refractivity contribution in [1.29, 1.82) is 0 Å². The van der Waals surface area contributed by atoms with Crippen molar-refractivity contribution in [3.05, 3.63) is 29.6 Å².